The Labute approximate surface area is 127 Å². The second kappa shape index (κ2) is 4.63. The first kappa shape index (κ1) is 13.0. The van der Waals surface area contributed by atoms with Crippen molar-refractivity contribution >= 4 is 22.2 Å². The van der Waals surface area contributed by atoms with E-state index in [-0.39, 0.29) is 12.1 Å². The van der Waals surface area contributed by atoms with E-state index in [1.165, 1.54) is 16.9 Å². The van der Waals surface area contributed by atoms with E-state index in [1.54, 1.807) is 11.3 Å². The van der Waals surface area contributed by atoms with Gasteiger partial charge in [0.2, 0.25) is 0 Å². The van der Waals surface area contributed by atoms with Crippen LogP contribution >= 0.6 is 11.3 Å². The summed E-state index contributed by atoms with van der Waals surface area (Å²) in [5.74, 6) is 2.34. The third kappa shape index (κ3) is 2.07. The van der Waals surface area contributed by atoms with E-state index in [2.05, 4.69) is 17.6 Å². The lowest BCUT2D eigenvalue weighted by Gasteiger charge is -2.25. The molecule has 4 nitrogen and oxygen atoms in total. The monoisotopic (exact) mass is 302 g/mol. The van der Waals surface area contributed by atoms with Crippen molar-refractivity contribution in [3.05, 3.63) is 39.7 Å². The molecule has 21 heavy (non-hydrogen) atoms. The van der Waals surface area contributed by atoms with Crippen molar-refractivity contribution in [3.63, 3.8) is 0 Å². The Bertz CT molecular complexity index is 716. The van der Waals surface area contributed by atoms with Crippen LogP contribution in [0.4, 0.5) is 5.00 Å². The zero-order valence-corrected chi connectivity index (χ0v) is 13.0. The summed E-state index contributed by atoms with van der Waals surface area (Å²) in [4.78, 5) is 13.9. The third-order valence-corrected chi connectivity index (χ3v) is 5.52. The molecule has 1 aliphatic heterocycles. The topological polar surface area (TPSA) is 54.3 Å². The molecule has 110 valence electrons. The molecular formula is C16H18N2O2S. The maximum absolute atomic E-state index is 12.5. The summed E-state index contributed by atoms with van der Waals surface area (Å²) < 4.78 is 5.63. The summed E-state index contributed by atoms with van der Waals surface area (Å²) >= 11 is 1.74. The van der Waals surface area contributed by atoms with Crippen molar-refractivity contribution in [2.45, 2.75) is 39.3 Å². The molecule has 0 bridgehead atoms. The van der Waals surface area contributed by atoms with Crippen LogP contribution in [-0.2, 0) is 12.8 Å². The summed E-state index contributed by atoms with van der Waals surface area (Å²) in [7, 11) is 0. The average molecular weight is 302 g/mol. The van der Waals surface area contributed by atoms with Gasteiger partial charge < -0.3 is 15.1 Å². The third-order valence-electron chi connectivity index (χ3n) is 4.34. The molecular weight excluding hydrogens is 284 g/mol. The molecule has 2 aromatic rings. The zero-order valence-electron chi connectivity index (χ0n) is 12.2. The quantitative estimate of drug-likeness (QED) is 0.846. The minimum atomic E-state index is -0.267. The molecule has 3 heterocycles. The Morgan fingerprint density at radius 2 is 2.19 bits per heavy atom. The van der Waals surface area contributed by atoms with Gasteiger partial charge in [-0.2, -0.15) is 0 Å². The van der Waals surface area contributed by atoms with Gasteiger partial charge in [-0.05, 0) is 49.8 Å². The Morgan fingerprint density at radius 1 is 1.33 bits per heavy atom. The van der Waals surface area contributed by atoms with Crippen LogP contribution in [0.1, 0.15) is 51.8 Å². The van der Waals surface area contributed by atoms with Gasteiger partial charge in [0.15, 0.2) is 6.17 Å². The summed E-state index contributed by atoms with van der Waals surface area (Å²) in [6.07, 6.45) is 3.01. The molecule has 1 aliphatic carbocycles. The molecule has 1 amide bonds. The molecule has 0 fully saturated rings. The van der Waals surface area contributed by atoms with Crippen LogP contribution in [0, 0.1) is 12.8 Å². The van der Waals surface area contributed by atoms with Crippen LogP contribution < -0.4 is 10.6 Å². The van der Waals surface area contributed by atoms with Gasteiger partial charge in [0.25, 0.3) is 5.91 Å². The van der Waals surface area contributed by atoms with E-state index in [1.807, 2.05) is 19.1 Å². The van der Waals surface area contributed by atoms with Crippen LogP contribution in [-0.4, -0.2) is 5.91 Å². The number of thiophene rings is 1. The van der Waals surface area contributed by atoms with Gasteiger partial charge in [-0.1, -0.05) is 6.92 Å². The molecule has 5 heteroatoms. The van der Waals surface area contributed by atoms with E-state index >= 15 is 0 Å². The molecule has 0 saturated carbocycles. The first-order valence-corrected chi connectivity index (χ1v) is 8.21. The highest BCUT2D eigenvalue weighted by Crippen LogP contribution is 2.42. The predicted octanol–water partition coefficient (Wildman–Crippen LogP) is 3.63. The fourth-order valence-corrected chi connectivity index (χ4v) is 4.65. The lowest BCUT2D eigenvalue weighted by atomic mass is 9.88. The molecule has 2 aromatic heterocycles. The highest BCUT2D eigenvalue weighted by Gasteiger charge is 2.33. The summed E-state index contributed by atoms with van der Waals surface area (Å²) in [5.41, 5.74) is 2.12. The second-order valence-corrected chi connectivity index (χ2v) is 7.16. The van der Waals surface area contributed by atoms with Crippen molar-refractivity contribution in [2.24, 2.45) is 5.92 Å². The van der Waals surface area contributed by atoms with Gasteiger partial charge in [0, 0.05) is 4.88 Å². The number of carbonyl (C=O) groups is 1. The molecule has 0 saturated heterocycles. The Kier molecular flexibility index (Phi) is 2.85. The number of carbonyl (C=O) groups excluding carboxylic acids is 1. The summed E-state index contributed by atoms with van der Waals surface area (Å²) in [6.45, 7) is 4.19. The lowest BCUT2D eigenvalue weighted by molar-refractivity contribution is 0.0930. The van der Waals surface area contributed by atoms with E-state index in [0.717, 1.165) is 34.9 Å². The number of hydrogen-bond donors (Lipinski definition) is 2. The smallest absolute Gasteiger partial charge is 0.256 e. The first-order valence-electron chi connectivity index (χ1n) is 7.40. The van der Waals surface area contributed by atoms with Crippen LogP contribution in [0.3, 0.4) is 0 Å². The van der Waals surface area contributed by atoms with Crippen molar-refractivity contribution < 1.29 is 9.21 Å². The van der Waals surface area contributed by atoms with E-state index in [9.17, 15) is 4.79 Å². The van der Waals surface area contributed by atoms with Crippen LogP contribution in [0.15, 0.2) is 16.5 Å². The van der Waals surface area contributed by atoms with Crippen molar-refractivity contribution in [1.82, 2.24) is 5.32 Å². The molecule has 0 radical (unpaired) electrons. The molecule has 0 unspecified atom stereocenters. The van der Waals surface area contributed by atoms with Gasteiger partial charge in [0.05, 0.1) is 5.56 Å². The molecule has 4 rings (SSSR count). The van der Waals surface area contributed by atoms with Crippen LogP contribution in [0.25, 0.3) is 0 Å². The van der Waals surface area contributed by atoms with Crippen LogP contribution in [0.5, 0.6) is 0 Å². The Morgan fingerprint density at radius 3 is 2.95 bits per heavy atom. The Balaban J connectivity index is 1.71. The SMILES string of the molecule is Cc1ccc([C@H]2NC(=O)c3c(sc4c3CC[C@H](C)C4)N2)o1. The number of amides is 1. The van der Waals surface area contributed by atoms with Gasteiger partial charge >= 0.3 is 0 Å². The number of aryl methyl sites for hydroxylation is 1. The minimum absolute atomic E-state index is 0.0230. The number of rotatable bonds is 1. The standard InChI is InChI=1S/C16H18N2O2S/c1-8-3-5-10-12(7-8)21-16-13(10)15(19)17-14(18-16)11-6-4-9(2)20-11/h4,6,8,14,18H,3,5,7H2,1-2H3,(H,17,19)/t8-,14-/m0/s1. The maximum Gasteiger partial charge on any atom is 0.256 e. The number of anilines is 1. The fourth-order valence-electron chi connectivity index (χ4n) is 3.21. The van der Waals surface area contributed by atoms with Crippen molar-refractivity contribution in [2.75, 3.05) is 5.32 Å². The van der Waals surface area contributed by atoms with Crippen LogP contribution in [0.2, 0.25) is 0 Å². The number of nitrogens with one attached hydrogen (secondary N) is 2. The van der Waals surface area contributed by atoms with E-state index in [4.69, 9.17) is 4.42 Å². The molecule has 0 aromatic carbocycles. The normalized spacial score (nSPS) is 24.0. The minimum Gasteiger partial charge on any atom is -0.462 e. The van der Waals surface area contributed by atoms with E-state index in [0.29, 0.717) is 5.92 Å². The lowest BCUT2D eigenvalue weighted by Crippen LogP contribution is -2.38. The van der Waals surface area contributed by atoms with Gasteiger partial charge in [-0.15, -0.1) is 11.3 Å². The van der Waals surface area contributed by atoms with Crippen molar-refractivity contribution in [1.29, 1.82) is 0 Å². The van der Waals surface area contributed by atoms with Gasteiger partial charge in [-0.3, -0.25) is 4.79 Å². The van der Waals surface area contributed by atoms with Gasteiger partial charge in [-0.25, -0.2) is 0 Å². The molecule has 2 atom stereocenters. The average Bonchev–Trinajstić information content (AvgIpc) is 3.01. The number of fused-ring (bicyclic) bond motifs is 3. The van der Waals surface area contributed by atoms with Gasteiger partial charge in [0.1, 0.15) is 16.5 Å². The highest BCUT2D eigenvalue weighted by atomic mass is 32.1. The number of hydrogen-bond acceptors (Lipinski definition) is 4. The summed E-state index contributed by atoms with van der Waals surface area (Å²) in [5, 5.41) is 7.43. The fraction of sp³-hybridized carbons (Fsp3) is 0.438. The number of furan rings is 1. The Hall–Kier alpha value is -1.75. The molecule has 2 aliphatic rings. The second-order valence-electron chi connectivity index (χ2n) is 6.06. The largest absolute Gasteiger partial charge is 0.462 e. The van der Waals surface area contributed by atoms with Crippen molar-refractivity contribution in [3.8, 4) is 0 Å². The molecule has 2 N–H and O–H groups in total. The predicted molar refractivity (Wildman–Crippen MR) is 82.8 cm³/mol. The first-order chi connectivity index (χ1) is 10.1. The highest BCUT2D eigenvalue weighted by molar-refractivity contribution is 7.16. The van der Waals surface area contributed by atoms with E-state index < -0.39 is 0 Å². The molecule has 0 spiro atoms. The summed E-state index contributed by atoms with van der Waals surface area (Å²) in [6, 6.07) is 3.83. The zero-order chi connectivity index (χ0) is 14.6. The maximum atomic E-state index is 12.5.